The van der Waals surface area contributed by atoms with Crippen molar-refractivity contribution in [2.24, 2.45) is 0 Å². The van der Waals surface area contributed by atoms with Gasteiger partial charge in [0.2, 0.25) is 0 Å². The number of ether oxygens (including phenoxy) is 1. The summed E-state index contributed by atoms with van der Waals surface area (Å²) in [7, 11) is 4.51. The Morgan fingerprint density at radius 2 is 1.45 bits per heavy atom. The van der Waals surface area contributed by atoms with E-state index in [2.05, 4.69) is 4.74 Å². The lowest BCUT2D eigenvalue weighted by Crippen LogP contribution is -2.21. The standard InChI is InChI=1S/C27H22FNO4/c1-29(2)26(31)23-15-22(20-6-4-5-7-21(20)25(23)30)17-10-8-16(9-11-17)19-13-12-18(14-24(19)28)27(32)33-3/h4-15,30H,1-3H3. The predicted octanol–water partition coefficient (Wildman–Crippen LogP) is 5.51. The fourth-order valence-corrected chi connectivity index (χ4v) is 3.83. The lowest BCUT2D eigenvalue weighted by molar-refractivity contribution is 0.0600. The van der Waals surface area contributed by atoms with E-state index < -0.39 is 11.8 Å². The van der Waals surface area contributed by atoms with Crippen molar-refractivity contribution in [2.75, 3.05) is 21.2 Å². The smallest absolute Gasteiger partial charge is 0.337 e. The zero-order valence-electron chi connectivity index (χ0n) is 18.4. The number of amides is 1. The van der Waals surface area contributed by atoms with E-state index in [1.807, 2.05) is 24.3 Å². The summed E-state index contributed by atoms with van der Waals surface area (Å²) < 4.78 is 19.3. The average molecular weight is 443 g/mol. The molecule has 5 nitrogen and oxygen atoms in total. The molecule has 4 aromatic rings. The minimum atomic E-state index is -0.599. The van der Waals surface area contributed by atoms with Crippen LogP contribution in [0, 0.1) is 5.82 Å². The van der Waals surface area contributed by atoms with E-state index in [1.165, 1.54) is 18.1 Å². The molecule has 0 aliphatic rings. The molecule has 6 heteroatoms. The molecule has 0 atom stereocenters. The van der Waals surface area contributed by atoms with Gasteiger partial charge < -0.3 is 14.7 Å². The van der Waals surface area contributed by atoms with Crippen LogP contribution in [-0.4, -0.2) is 43.1 Å². The number of hydrogen-bond donors (Lipinski definition) is 1. The van der Waals surface area contributed by atoms with Gasteiger partial charge in [-0.15, -0.1) is 0 Å². The summed E-state index contributed by atoms with van der Waals surface area (Å²) in [6.45, 7) is 0. The molecule has 0 aliphatic carbocycles. The van der Waals surface area contributed by atoms with Gasteiger partial charge in [-0.25, -0.2) is 9.18 Å². The van der Waals surface area contributed by atoms with Crippen molar-refractivity contribution in [1.29, 1.82) is 0 Å². The topological polar surface area (TPSA) is 66.8 Å². The fraction of sp³-hybridized carbons (Fsp3) is 0.111. The van der Waals surface area contributed by atoms with Gasteiger partial charge in [0, 0.05) is 25.0 Å². The van der Waals surface area contributed by atoms with Gasteiger partial charge in [-0.3, -0.25) is 4.79 Å². The monoisotopic (exact) mass is 443 g/mol. The van der Waals surface area contributed by atoms with Gasteiger partial charge in [0.25, 0.3) is 5.91 Å². The zero-order chi connectivity index (χ0) is 23.7. The minimum absolute atomic E-state index is 0.0579. The molecule has 0 bridgehead atoms. The molecule has 0 radical (unpaired) electrons. The van der Waals surface area contributed by atoms with E-state index in [4.69, 9.17) is 0 Å². The number of nitrogens with zero attached hydrogens (tertiary/aromatic N) is 1. The van der Waals surface area contributed by atoms with Crippen molar-refractivity contribution >= 4 is 22.6 Å². The summed E-state index contributed by atoms with van der Waals surface area (Å²) in [5.41, 5.74) is 2.94. The molecule has 0 saturated heterocycles. The number of rotatable bonds is 4. The second-order valence-corrected chi connectivity index (χ2v) is 7.83. The van der Waals surface area contributed by atoms with Crippen LogP contribution in [0.4, 0.5) is 4.39 Å². The Bertz CT molecular complexity index is 1380. The molecule has 0 heterocycles. The maximum absolute atomic E-state index is 14.6. The van der Waals surface area contributed by atoms with Crippen molar-refractivity contribution in [3.63, 3.8) is 0 Å². The van der Waals surface area contributed by atoms with E-state index in [-0.39, 0.29) is 22.8 Å². The Labute approximate surface area is 190 Å². The molecule has 0 unspecified atom stereocenters. The predicted molar refractivity (Wildman–Crippen MR) is 126 cm³/mol. The third-order valence-corrected chi connectivity index (χ3v) is 5.55. The Hall–Kier alpha value is -4.19. The van der Waals surface area contributed by atoms with Crippen molar-refractivity contribution in [1.82, 2.24) is 4.90 Å². The first-order valence-electron chi connectivity index (χ1n) is 10.3. The summed E-state index contributed by atoms with van der Waals surface area (Å²) in [5.74, 6) is -1.49. The molecular weight excluding hydrogens is 421 g/mol. The number of carbonyl (C=O) groups is 2. The number of benzene rings is 4. The highest BCUT2D eigenvalue weighted by Gasteiger charge is 2.19. The molecular formula is C27H22FNO4. The molecule has 166 valence electrons. The average Bonchev–Trinajstić information content (AvgIpc) is 2.83. The maximum atomic E-state index is 14.6. The Balaban J connectivity index is 1.80. The van der Waals surface area contributed by atoms with Crippen LogP contribution in [-0.2, 0) is 4.74 Å². The van der Waals surface area contributed by atoms with Crippen LogP contribution in [0.2, 0.25) is 0 Å². The van der Waals surface area contributed by atoms with Crippen LogP contribution in [0.25, 0.3) is 33.0 Å². The molecule has 1 amide bonds. The Morgan fingerprint density at radius 1 is 0.848 bits per heavy atom. The first-order valence-corrected chi connectivity index (χ1v) is 10.3. The maximum Gasteiger partial charge on any atom is 0.337 e. The summed E-state index contributed by atoms with van der Waals surface area (Å²) in [6, 6.07) is 20.5. The Kier molecular flexibility index (Phi) is 5.84. The van der Waals surface area contributed by atoms with Crippen molar-refractivity contribution in [3.05, 3.63) is 89.7 Å². The lowest BCUT2D eigenvalue weighted by Gasteiger charge is -2.16. The first-order chi connectivity index (χ1) is 15.8. The molecule has 4 aromatic carbocycles. The molecule has 33 heavy (non-hydrogen) atoms. The van der Waals surface area contributed by atoms with Gasteiger partial charge in [0.1, 0.15) is 11.6 Å². The third kappa shape index (κ3) is 4.03. The molecule has 0 saturated carbocycles. The highest BCUT2D eigenvalue weighted by atomic mass is 19.1. The molecule has 0 aromatic heterocycles. The number of carbonyl (C=O) groups excluding carboxylic acids is 2. The van der Waals surface area contributed by atoms with Crippen LogP contribution in [0.15, 0.2) is 72.8 Å². The minimum Gasteiger partial charge on any atom is -0.506 e. The summed E-state index contributed by atoms with van der Waals surface area (Å²) in [5, 5.41) is 12.1. The number of methoxy groups -OCH3 is 1. The SMILES string of the molecule is COC(=O)c1ccc(-c2ccc(-c3cc(C(=O)N(C)C)c(O)c4ccccc34)cc2)c(F)c1. The second kappa shape index (κ2) is 8.74. The first kappa shape index (κ1) is 22.0. The van der Waals surface area contributed by atoms with E-state index in [9.17, 15) is 19.1 Å². The molecule has 1 N–H and O–H groups in total. The summed E-state index contributed by atoms with van der Waals surface area (Å²) in [6.07, 6.45) is 0. The molecule has 0 aliphatic heterocycles. The van der Waals surface area contributed by atoms with Gasteiger partial charge >= 0.3 is 5.97 Å². The van der Waals surface area contributed by atoms with E-state index in [1.54, 1.807) is 50.5 Å². The Morgan fingerprint density at radius 3 is 2.03 bits per heavy atom. The van der Waals surface area contributed by atoms with Crippen molar-refractivity contribution in [3.8, 4) is 28.0 Å². The highest BCUT2D eigenvalue weighted by molar-refractivity contribution is 6.09. The quantitative estimate of drug-likeness (QED) is 0.423. The van der Waals surface area contributed by atoms with Gasteiger partial charge in [0.15, 0.2) is 0 Å². The van der Waals surface area contributed by atoms with Gasteiger partial charge in [-0.1, -0.05) is 54.6 Å². The van der Waals surface area contributed by atoms with Gasteiger partial charge in [-0.05, 0) is 40.3 Å². The van der Waals surface area contributed by atoms with Crippen molar-refractivity contribution < 1.29 is 23.8 Å². The summed E-state index contributed by atoms with van der Waals surface area (Å²) >= 11 is 0. The molecule has 4 rings (SSSR count). The highest BCUT2D eigenvalue weighted by Crippen LogP contribution is 2.38. The summed E-state index contributed by atoms with van der Waals surface area (Å²) in [4.78, 5) is 25.7. The zero-order valence-corrected chi connectivity index (χ0v) is 18.4. The van der Waals surface area contributed by atoms with Gasteiger partial charge in [0.05, 0.1) is 18.2 Å². The number of esters is 1. The number of phenolic OH excluding ortho intramolecular Hbond substituents is 1. The lowest BCUT2D eigenvalue weighted by atomic mass is 9.93. The molecule has 0 spiro atoms. The van der Waals surface area contributed by atoms with Crippen LogP contribution >= 0.6 is 0 Å². The van der Waals surface area contributed by atoms with E-state index in [0.29, 0.717) is 16.5 Å². The van der Waals surface area contributed by atoms with Gasteiger partial charge in [-0.2, -0.15) is 0 Å². The van der Waals surface area contributed by atoms with Crippen molar-refractivity contribution in [2.45, 2.75) is 0 Å². The number of halogens is 1. The van der Waals surface area contributed by atoms with Crippen LogP contribution in [0.1, 0.15) is 20.7 Å². The fourth-order valence-electron chi connectivity index (χ4n) is 3.83. The van der Waals surface area contributed by atoms with E-state index >= 15 is 0 Å². The normalized spacial score (nSPS) is 10.8. The van der Waals surface area contributed by atoms with E-state index in [0.717, 1.165) is 22.6 Å². The van der Waals surface area contributed by atoms with Crippen LogP contribution < -0.4 is 0 Å². The second-order valence-electron chi connectivity index (χ2n) is 7.83. The van der Waals surface area contributed by atoms with Crippen LogP contribution in [0.3, 0.4) is 0 Å². The largest absolute Gasteiger partial charge is 0.506 e. The number of phenols is 1. The number of aromatic hydroxyl groups is 1. The molecule has 0 fully saturated rings. The van der Waals surface area contributed by atoms with Crippen LogP contribution in [0.5, 0.6) is 5.75 Å². The third-order valence-electron chi connectivity index (χ3n) is 5.55. The number of fused-ring (bicyclic) bond motifs is 1. The number of hydrogen-bond acceptors (Lipinski definition) is 4.